The Labute approximate surface area is 556 Å². The number of carbonyl (C=O) groups excluding carboxylic acids is 4. The first-order valence-corrected chi connectivity index (χ1v) is 40.8. The minimum Gasteiger partial charge on any atom is -0.462 e. The lowest BCUT2D eigenvalue weighted by atomic mass is 10.0. The molecule has 0 aromatic rings. The van der Waals surface area contributed by atoms with Crippen LogP contribution in [0.1, 0.15) is 381 Å². The van der Waals surface area contributed by atoms with Crippen LogP contribution in [0.4, 0.5) is 0 Å². The molecular weight excluding hydrogens is 1200 g/mol. The van der Waals surface area contributed by atoms with Gasteiger partial charge in [-0.15, -0.1) is 0 Å². The summed E-state index contributed by atoms with van der Waals surface area (Å²) in [5.74, 6) is -2.12. The topological polar surface area (TPSA) is 237 Å². The molecule has 0 saturated heterocycles. The van der Waals surface area contributed by atoms with Crippen LogP contribution in [0, 0.1) is 0 Å². The summed E-state index contributed by atoms with van der Waals surface area (Å²) >= 11 is 0. The van der Waals surface area contributed by atoms with Gasteiger partial charge < -0.3 is 33.8 Å². The van der Waals surface area contributed by atoms with Gasteiger partial charge in [0.2, 0.25) is 0 Å². The Morgan fingerprint density at radius 1 is 0.264 bits per heavy atom. The first-order valence-electron chi connectivity index (χ1n) is 37.8. The quantitative estimate of drug-likeness (QED) is 0.0222. The summed E-state index contributed by atoms with van der Waals surface area (Å²) in [6, 6.07) is 0. The van der Waals surface area contributed by atoms with Crippen molar-refractivity contribution in [2.45, 2.75) is 399 Å². The second kappa shape index (κ2) is 66.7. The molecule has 0 aliphatic rings. The van der Waals surface area contributed by atoms with Crippen LogP contribution in [-0.4, -0.2) is 96.7 Å². The van der Waals surface area contributed by atoms with Crippen molar-refractivity contribution >= 4 is 39.5 Å². The highest BCUT2D eigenvalue weighted by Crippen LogP contribution is 2.45. The molecule has 17 nitrogen and oxygen atoms in total. The van der Waals surface area contributed by atoms with Gasteiger partial charge in [-0.1, -0.05) is 329 Å². The summed E-state index contributed by atoms with van der Waals surface area (Å²) in [5, 5.41) is 10.6. The first kappa shape index (κ1) is 89.1. The summed E-state index contributed by atoms with van der Waals surface area (Å²) in [4.78, 5) is 72.5. The third-order valence-electron chi connectivity index (χ3n) is 16.9. The van der Waals surface area contributed by atoms with Crippen LogP contribution in [0.5, 0.6) is 0 Å². The number of phosphoric ester groups is 2. The highest BCUT2D eigenvalue weighted by Gasteiger charge is 2.30. The number of hydrogen-bond donors (Lipinski definition) is 3. The van der Waals surface area contributed by atoms with Crippen molar-refractivity contribution in [2.24, 2.45) is 0 Å². The lowest BCUT2D eigenvalue weighted by molar-refractivity contribution is -0.161. The monoisotopic (exact) mass is 1340 g/mol. The lowest BCUT2D eigenvalue weighted by Gasteiger charge is -2.21. The van der Waals surface area contributed by atoms with Crippen LogP contribution < -0.4 is 0 Å². The first-order chi connectivity index (χ1) is 44.2. The zero-order valence-electron chi connectivity index (χ0n) is 58.8. The highest BCUT2D eigenvalue weighted by molar-refractivity contribution is 7.47. The van der Waals surface area contributed by atoms with Crippen LogP contribution >= 0.6 is 15.6 Å². The summed E-state index contributed by atoms with van der Waals surface area (Å²) in [6.07, 6.45) is 55.5. The van der Waals surface area contributed by atoms with E-state index in [-0.39, 0.29) is 25.7 Å². The number of aliphatic hydroxyl groups is 1. The van der Waals surface area contributed by atoms with Crippen molar-refractivity contribution < 1.29 is 80.2 Å². The van der Waals surface area contributed by atoms with E-state index in [1.807, 2.05) is 0 Å². The average Bonchev–Trinajstić information content (AvgIpc) is 3.55. The molecule has 0 saturated carbocycles. The van der Waals surface area contributed by atoms with E-state index >= 15 is 0 Å². The van der Waals surface area contributed by atoms with Crippen LogP contribution in [0.25, 0.3) is 0 Å². The zero-order valence-corrected chi connectivity index (χ0v) is 60.6. The van der Waals surface area contributed by atoms with E-state index in [0.29, 0.717) is 25.7 Å². The van der Waals surface area contributed by atoms with Crippen LogP contribution in [0.15, 0.2) is 0 Å². The molecule has 91 heavy (non-hydrogen) atoms. The van der Waals surface area contributed by atoms with Gasteiger partial charge in [0.25, 0.3) is 0 Å². The third-order valence-corrected chi connectivity index (χ3v) is 18.8. The molecule has 0 amide bonds. The molecule has 19 heteroatoms. The summed E-state index contributed by atoms with van der Waals surface area (Å²) < 4.78 is 68.3. The van der Waals surface area contributed by atoms with Crippen molar-refractivity contribution in [3.8, 4) is 0 Å². The standard InChI is InChI=1S/C72H140O17P2/c1-5-9-13-17-21-25-28-30-31-32-33-34-35-37-40-43-47-51-55-59-72(77)89-68(63-83-70(75)57-53-49-45-41-39-36-29-26-22-18-14-10-6-2)65-87-91(80,81)85-61-66(73)60-84-90(78,79)86-64-67(62-82-69(74)56-52-48-44-24-20-16-12-8-4)88-71(76)58-54-50-46-42-38-27-23-19-15-11-7-3/h66-68,73H,5-65H2,1-4H3,(H,78,79)(H,80,81)/t66-,67+,68+/m0/s1. The van der Waals surface area contributed by atoms with Gasteiger partial charge >= 0.3 is 39.5 Å². The smallest absolute Gasteiger partial charge is 0.462 e. The van der Waals surface area contributed by atoms with E-state index in [9.17, 15) is 43.2 Å². The third kappa shape index (κ3) is 66.5. The van der Waals surface area contributed by atoms with Crippen LogP contribution in [-0.2, 0) is 65.4 Å². The summed E-state index contributed by atoms with van der Waals surface area (Å²) in [6.45, 7) is 4.93. The number of hydrogen-bond acceptors (Lipinski definition) is 15. The number of rotatable bonds is 73. The molecule has 540 valence electrons. The van der Waals surface area contributed by atoms with E-state index in [4.69, 9.17) is 37.0 Å². The normalized spacial score (nSPS) is 14.0. The number of ether oxygens (including phenoxy) is 4. The van der Waals surface area contributed by atoms with Gasteiger partial charge in [-0.25, -0.2) is 9.13 Å². The Hall–Kier alpha value is -1.94. The minimum absolute atomic E-state index is 0.107. The second-order valence-corrected chi connectivity index (χ2v) is 28.9. The molecule has 0 bridgehead atoms. The molecule has 0 radical (unpaired) electrons. The van der Waals surface area contributed by atoms with Gasteiger partial charge in [-0.05, 0) is 25.7 Å². The van der Waals surface area contributed by atoms with Crippen molar-refractivity contribution in [1.82, 2.24) is 0 Å². The summed E-state index contributed by atoms with van der Waals surface area (Å²) in [5.41, 5.74) is 0. The van der Waals surface area contributed by atoms with Crippen molar-refractivity contribution in [3.63, 3.8) is 0 Å². The molecule has 0 aromatic heterocycles. The number of esters is 4. The van der Waals surface area contributed by atoms with E-state index in [1.54, 1.807) is 0 Å². The van der Waals surface area contributed by atoms with Gasteiger partial charge in [0, 0.05) is 25.7 Å². The van der Waals surface area contributed by atoms with Gasteiger partial charge in [-0.3, -0.25) is 37.3 Å². The fourth-order valence-electron chi connectivity index (χ4n) is 11.0. The van der Waals surface area contributed by atoms with E-state index in [2.05, 4.69) is 27.7 Å². The van der Waals surface area contributed by atoms with Crippen molar-refractivity contribution in [2.75, 3.05) is 39.6 Å². The Bertz CT molecular complexity index is 1740. The minimum atomic E-state index is -4.95. The maximum Gasteiger partial charge on any atom is 0.472 e. The van der Waals surface area contributed by atoms with Gasteiger partial charge in [0.15, 0.2) is 12.2 Å². The Kier molecular flexibility index (Phi) is 65.2. The number of unbranched alkanes of at least 4 members (excludes halogenated alkanes) is 47. The van der Waals surface area contributed by atoms with E-state index in [1.165, 1.54) is 205 Å². The van der Waals surface area contributed by atoms with Crippen LogP contribution in [0.3, 0.4) is 0 Å². The molecule has 0 rings (SSSR count). The lowest BCUT2D eigenvalue weighted by Crippen LogP contribution is -2.30. The van der Waals surface area contributed by atoms with Crippen LogP contribution in [0.2, 0.25) is 0 Å². The molecule has 0 aliphatic heterocycles. The fraction of sp³-hybridized carbons (Fsp3) is 0.944. The average molecular weight is 1340 g/mol. The molecule has 0 spiro atoms. The molecule has 0 aliphatic carbocycles. The predicted octanol–water partition coefficient (Wildman–Crippen LogP) is 21.1. The molecule has 5 atom stereocenters. The van der Waals surface area contributed by atoms with E-state index in [0.717, 1.165) is 96.3 Å². The SMILES string of the molecule is CCCCCCCCCCCCCCCCCCCCCC(=O)O[C@H](COC(=O)CCCCCCCCCCCCCCC)COP(=O)(O)OC[C@@H](O)COP(=O)(O)OC[C@@H](COC(=O)CCCCCCCCCC)OC(=O)CCCCCCCCCCCCC. The molecule has 0 aromatic carbocycles. The molecule has 2 unspecified atom stereocenters. The summed E-state index contributed by atoms with van der Waals surface area (Å²) in [7, 11) is -9.90. The van der Waals surface area contributed by atoms with Gasteiger partial charge in [-0.2, -0.15) is 0 Å². The number of aliphatic hydroxyl groups excluding tert-OH is 1. The molecular formula is C72H140O17P2. The zero-order chi connectivity index (χ0) is 66.8. The van der Waals surface area contributed by atoms with Gasteiger partial charge in [0.1, 0.15) is 19.3 Å². The Morgan fingerprint density at radius 2 is 0.440 bits per heavy atom. The maximum atomic E-state index is 13.0. The Morgan fingerprint density at radius 3 is 0.648 bits per heavy atom. The maximum absolute atomic E-state index is 13.0. The fourth-order valence-corrected chi connectivity index (χ4v) is 12.6. The number of phosphoric acid groups is 2. The molecule has 0 heterocycles. The predicted molar refractivity (Wildman–Crippen MR) is 368 cm³/mol. The van der Waals surface area contributed by atoms with Gasteiger partial charge in [0.05, 0.1) is 26.4 Å². The van der Waals surface area contributed by atoms with Crippen molar-refractivity contribution in [1.29, 1.82) is 0 Å². The Balaban J connectivity index is 5.19. The number of carbonyl (C=O) groups is 4. The largest absolute Gasteiger partial charge is 0.472 e. The van der Waals surface area contributed by atoms with Crippen molar-refractivity contribution in [3.05, 3.63) is 0 Å². The second-order valence-electron chi connectivity index (χ2n) is 26.0. The highest BCUT2D eigenvalue weighted by atomic mass is 31.2. The molecule has 0 fully saturated rings. The van der Waals surface area contributed by atoms with E-state index < -0.39 is 97.5 Å². The molecule has 3 N–H and O–H groups in total.